The number of amides is 2. The summed E-state index contributed by atoms with van der Waals surface area (Å²) in [5, 5.41) is 8.82. The summed E-state index contributed by atoms with van der Waals surface area (Å²) < 4.78 is 27.1. The van der Waals surface area contributed by atoms with Gasteiger partial charge < -0.3 is 16.0 Å². The van der Waals surface area contributed by atoms with Crippen molar-refractivity contribution in [3.05, 3.63) is 82.1 Å². The Morgan fingerprint density at radius 2 is 1.44 bits per heavy atom. The first-order valence-electron chi connectivity index (χ1n) is 19.4. The largest absolute Gasteiger partial charge is 0.380 e. The minimum Gasteiger partial charge on any atom is -0.380 e. The molecule has 0 heterocycles. The monoisotopic (exact) mass is 702 g/mol. The number of carbonyl (C=O) groups excluding carboxylic acids is 2. The first kappa shape index (κ1) is 48.9. The zero-order valence-corrected chi connectivity index (χ0v) is 33.7. The summed E-state index contributed by atoms with van der Waals surface area (Å²) in [6.07, 6.45) is 13.0. The highest BCUT2D eigenvalue weighted by atomic mass is 19.1. The average molecular weight is 702 g/mol. The lowest BCUT2D eigenvalue weighted by Gasteiger charge is -2.19. The van der Waals surface area contributed by atoms with E-state index in [1.54, 1.807) is 12.1 Å². The van der Waals surface area contributed by atoms with E-state index < -0.39 is 6.04 Å². The van der Waals surface area contributed by atoms with Gasteiger partial charge in [0.2, 0.25) is 11.8 Å². The van der Waals surface area contributed by atoms with Gasteiger partial charge in [-0.25, -0.2) is 8.78 Å². The Hall–Kier alpha value is -3.22. The molecular weight excluding hydrogens is 628 g/mol. The Balaban J connectivity index is 0. The topological polar surface area (TPSA) is 70.2 Å². The lowest BCUT2D eigenvalue weighted by Crippen LogP contribution is -2.49. The molecule has 5 nitrogen and oxygen atoms in total. The van der Waals surface area contributed by atoms with Gasteiger partial charge in [0.25, 0.3) is 0 Å². The summed E-state index contributed by atoms with van der Waals surface area (Å²) >= 11 is 0. The van der Waals surface area contributed by atoms with E-state index in [9.17, 15) is 18.4 Å². The molecule has 2 aromatic carbocycles. The second-order valence-corrected chi connectivity index (χ2v) is 12.9. The smallest absolute Gasteiger partial charge is 0.242 e. The molecule has 7 heteroatoms. The molecule has 1 unspecified atom stereocenters. The van der Waals surface area contributed by atoms with Crippen molar-refractivity contribution in [3.63, 3.8) is 0 Å². The highest BCUT2D eigenvalue weighted by Gasteiger charge is 2.19. The molecular formula is C43H73F2N3O2. The molecule has 2 amide bonds. The Labute approximate surface area is 305 Å². The summed E-state index contributed by atoms with van der Waals surface area (Å²) in [7, 11) is 0. The number of hydrogen-bond acceptors (Lipinski definition) is 3. The molecule has 0 aromatic heterocycles. The van der Waals surface area contributed by atoms with Crippen LogP contribution in [-0.2, 0) is 28.9 Å². The Kier molecular flexibility index (Phi) is 31.0. The van der Waals surface area contributed by atoms with E-state index in [0.717, 1.165) is 78.8 Å². The van der Waals surface area contributed by atoms with Gasteiger partial charge in [0.1, 0.15) is 17.7 Å². The SMILES string of the molecule is CC=C(CC)NCC(=O)NC(CCC)C(=O)NCCCc1cccc(F)c1CCC.CCC.CCC(C)CC.CCCc1ccc(C)cc1F. The van der Waals surface area contributed by atoms with E-state index in [1.165, 1.54) is 25.3 Å². The zero-order valence-electron chi connectivity index (χ0n) is 33.7. The standard InChI is InChI=1S/C24H38FN3O2.C10H13F.C6H14.C3H8/c1-5-11-20-18(13-9-15-21(20)25)14-10-16-26-24(30)22(12-6-2)28-23(29)17-27-19(7-3)8-4;1-3-4-9-6-5-8(2)7-10(9)11;1-4-6(3)5-2;1-3-2/h7,9,13,15,22,27H,5-6,8,10-12,14,16-17H2,1-4H3,(H,26,30)(H,28,29);5-7H,3-4H2,1-2H3;6H,4-5H2,1-3H3;3H2,1-2H3. The van der Waals surface area contributed by atoms with Crippen LogP contribution in [0.4, 0.5) is 8.78 Å². The maximum Gasteiger partial charge on any atom is 0.242 e. The van der Waals surface area contributed by atoms with E-state index in [-0.39, 0.29) is 30.0 Å². The van der Waals surface area contributed by atoms with Crippen LogP contribution < -0.4 is 16.0 Å². The summed E-state index contributed by atoms with van der Waals surface area (Å²) in [5.74, 6) is 0.360. The van der Waals surface area contributed by atoms with Crippen LogP contribution in [0.2, 0.25) is 0 Å². The Morgan fingerprint density at radius 3 is 1.94 bits per heavy atom. The van der Waals surface area contributed by atoms with Gasteiger partial charge >= 0.3 is 0 Å². The van der Waals surface area contributed by atoms with Crippen molar-refractivity contribution in [2.75, 3.05) is 13.1 Å². The van der Waals surface area contributed by atoms with Gasteiger partial charge in [0.05, 0.1) is 6.54 Å². The molecule has 0 bridgehead atoms. The third-order valence-corrected chi connectivity index (χ3v) is 8.19. The van der Waals surface area contributed by atoms with Gasteiger partial charge in [0.15, 0.2) is 0 Å². The first-order valence-corrected chi connectivity index (χ1v) is 19.4. The number of nitrogens with one attached hydrogen (secondary N) is 3. The number of hydrogen-bond donors (Lipinski definition) is 3. The Morgan fingerprint density at radius 1 is 0.800 bits per heavy atom. The number of allylic oxidation sites excluding steroid dienone is 2. The summed E-state index contributed by atoms with van der Waals surface area (Å²) in [6, 6.07) is 10.1. The molecule has 0 spiro atoms. The summed E-state index contributed by atoms with van der Waals surface area (Å²) in [4.78, 5) is 24.7. The molecule has 3 N–H and O–H groups in total. The highest BCUT2D eigenvalue weighted by molar-refractivity contribution is 5.88. The first-order chi connectivity index (χ1) is 23.9. The number of aryl methyl sites for hydroxylation is 3. The van der Waals surface area contributed by atoms with E-state index in [2.05, 4.69) is 57.5 Å². The van der Waals surface area contributed by atoms with Gasteiger partial charge in [-0.2, -0.15) is 0 Å². The summed E-state index contributed by atoms with van der Waals surface area (Å²) in [5.41, 5.74) is 4.61. The average Bonchev–Trinajstić information content (AvgIpc) is 3.10. The second kappa shape index (κ2) is 31.7. The normalized spacial score (nSPS) is 11.2. The van der Waals surface area contributed by atoms with Crippen LogP contribution in [0, 0.1) is 24.5 Å². The Bertz CT molecular complexity index is 1190. The molecule has 0 saturated carbocycles. The predicted octanol–water partition coefficient (Wildman–Crippen LogP) is 11.0. The van der Waals surface area contributed by atoms with E-state index in [1.807, 2.05) is 58.9 Å². The van der Waals surface area contributed by atoms with Crippen LogP contribution in [0.3, 0.4) is 0 Å². The van der Waals surface area contributed by atoms with Gasteiger partial charge in [-0.15, -0.1) is 0 Å². The fourth-order valence-electron chi connectivity index (χ4n) is 4.82. The van der Waals surface area contributed by atoms with Gasteiger partial charge in [-0.05, 0) is 92.7 Å². The van der Waals surface area contributed by atoms with Crippen molar-refractivity contribution < 1.29 is 18.4 Å². The molecule has 0 aliphatic heterocycles. The van der Waals surface area contributed by atoms with Crippen LogP contribution >= 0.6 is 0 Å². The highest BCUT2D eigenvalue weighted by Crippen LogP contribution is 2.17. The maximum atomic E-state index is 14.0. The fraction of sp³-hybridized carbons (Fsp3) is 0.628. The van der Waals surface area contributed by atoms with Gasteiger partial charge in [0, 0.05) is 12.2 Å². The van der Waals surface area contributed by atoms with Crippen LogP contribution in [0.15, 0.2) is 48.2 Å². The molecule has 1 atom stereocenters. The molecule has 0 aliphatic rings. The van der Waals surface area contributed by atoms with Gasteiger partial charge in [-0.3, -0.25) is 9.59 Å². The second-order valence-electron chi connectivity index (χ2n) is 12.9. The number of halogens is 2. The molecule has 2 rings (SSSR count). The van der Waals surface area contributed by atoms with E-state index in [0.29, 0.717) is 19.4 Å². The molecule has 286 valence electrons. The maximum absolute atomic E-state index is 14.0. The quantitative estimate of drug-likeness (QED) is 0.136. The van der Waals surface area contributed by atoms with Crippen molar-refractivity contribution in [2.24, 2.45) is 5.92 Å². The van der Waals surface area contributed by atoms with Crippen molar-refractivity contribution >= 4 is 11.8 Å². The third-order valence-electron chi connectivity index (χ3n) is 8.19. The minimum atomic E-state index is -0.537. The van der Waals surface area contributed by atoms with Crippen LogP contribution in [0.25, 0.3) is 0 Å². The fourth-order valence-corrected chi connectivity index (χ4v) is 4.82. The summed E-state index contributed by atoms with van der Waals surface area (Å²) in [6.45, 7) is 23.6. The van der Waals surface area contributed by atoms with Crippen LogP contribution in [0.5, 0.6) is 0 Å². The van der Waals surface area contributed by atoms with Crippen molar-refractivity contribution in [2.45, 2.75) is 159 Å². The number of carbonyl (C=O) groups is 2. The van der Waals surface area contributed by atoms with Crippen LogP contribution in [-0.4, -0.2) is 30.9 Å². The van der Waals surface area contributed by atoms with E-state index in [4.69, 9.17) is 0 Å². The van der Waals surface area contributed by atoms with Crippen molar-refractivity contribution in [3.8, 4) is 0 Å². The molecule has 0 aliphatic carbocycles. The van der Waals surface area contributed by atoms with Crippen molar-refractivity contribution in [1.29, 1.82) is 0 Å². The lowest BCUT2D eigenvalue weighted by atomic mass is 9.99. The lowest BCUT2D eigenvalue weighted by molar-refractivity contribution is -0.128. The third kappa shape index (κ3) is 23.2. The molecule has 50 heavy (non-hydrogen) atoms. The predicted molar refractivity (Wildman–Crippen MR) is 211 cm³/mol. The molecule has 0 saturated heterocycles. The van der Waals surface area contributed by atoms with Crippen molar-refractivity contribution in [1.82, 2.24) is 16.0 Å². The molecule has 2 aromatic rings. The number of benzene rings is 2. The zero-order chi connectivity index (χ0) is 38.3. The molecule has 0 fully saturated rings. The van der Waals surface area contributed by atoms with Crippen LogP contribution in [0.1, 0.15) is 149 Å². The number of rotatable bonds is 18. The molecule has 0 radical (unpaired) electrons. The minimum absolute atomic E-state index is 0.0631. The van der Waals surface area contributed by atoms with Gasteiger partial charge in [-0.1, -0.05) is 131 Å². The van der Waals surface area contributed by atoms with E-state index >= 15 is 0 Å².